The maximum atomic E-state index is 11.0. The fourth-order valence-electron chi connectivity index (χ4n) is 2.51. The number of ether oxygens (including phenoxy) is 1. The molecule has 2 aromatic carbocycles. The summed E-state index contributed by atoms with van der Waals surface area (Å²) in [6.45, 7) is 2.01. The van der Waals surface area contributed by atoms with E-state index in [1.54, 1.807) is 23.1 Å². The average molecular weight is 339 g/mol. The SMILES string of the molecule is COc1cc(N[C@H](C)c2ccc(-n3cncn3)cc2)ccc1[N+](=O)[O-]. The molecule has 3 aromatic rings. The third kappa shape index (κ3) is 3.57. The maximum Gasteiger partial charge on any atom is 0.311 e. The van der Waals surface area contributed by atoms with Gasteiger partial charge in [-0.15, -0.1) is 0 Å². The van der Waals surface area contributed by atoms with Crippen LogP contribution in [0.1, 0.15) is 18.5 Å². The smallest absolute Gasteiger partial charge is 0.311 e. The number of hydrogen-bond donors (Lipinski definition) is 1. The Kier molecular flexibility index (Phi) is 4.60. The monoisotopic (exact) mass is 339 g/mol. The van der Waals surface area contributed by atoms with Crippen molar-refractivity contribution in [2.24, 2.45) is 0 Å². The minimum Gasteiger partial charge on any atom is -0.490 e. The van der Waals surface area contributed by atoms with Gasteiger partial charge in [-0.3, -0.25) is 10.1 Å². The molecule has 8 nitrogen and oxygen atoms in total. The van der Waals surface area contributed by atoms with Gasteiger partial charge in [-0.05, 0) is 30.7 Å². The molecule has 8 heteroatoms. The lowest BCUT2D eigenvalue weighted by molar-refractivity contribution is -0.385. The number of nitrogens with zero attached hydrogens (tertiary/aromatic N) is 4. The Hall–Kier alpha value is -3.42. The van der Waals surface area contributed by atoms with Crippen LogP contribution in [-0.4, -0.2) is 26.8 Å². The van der Waals surface area contributed by atoms with Crippen LogP contribution < -0.4 is 10.1 Å². The lowest BCUT2D eigenvalue weighted by Crippen LogP contribution is -2.07. The molecule has 0 amide bonds. The molecule has 0 aliphatic heterocycles. The van der Waals surface area contributed by atoms with E-state index in [-0.39, 0.29) is 17.5 Å². The largest absolute Gasteiger partial charge is 0.490 e. The number of nitrogens with one attached hydrogen (secondary N) is 1. The van der Waals surface area contributed by atoms with Crippen LogP contribution in [-0.2, 0) is 0 Å². The summed E-state index contributed by atoms with van der Waals surface area (Å²) in [6.07, 6.45) is 3.12. The van der Waals surface area contributed by atoms with Crippen LogP contribution in [0.25, 0.3) is 5.69 Å². The molecular weight excluding hydrogens is 322 g/mol. The van der Waals surface area contributed by atoms with Gasteiger partial charge in [0.2, 0.25) is 0 Å². The highest BCUT2D eigenvalue weighted by Gasteiger charge is 2.15. The number of nitro benzene ring substituents is 1. The summed E-state index contributed by atoms with van der Waals surface area (Å²) < 4.78 is 6.78. The van der Waals surface area contributed by atoms with Gasteiger partial charge in [-0.1, -0.05) is 12.1 Å². The van der Waals surface area contributed by atoms with E-state index in [1.807, 2.05) is 31.2 Å². The van der Waals surface area contributed by atoms with Gasteiger partial charge in [-0.25, -0.2) is 9.67 Å². The normalized spacial score (nSPS) is 11.8. The second-order valence-corrected chi connectivity index (χ2v) is 5.44. The van der Waals surface area contributed by atoms with Gasteiger partial charge >= 0.3 is 5.69 Å². The summed E-state index contributed by atoms with van der Waals surface area (Å²) in [4.78, 5) is 14.4. The Balaban J connectivity index is 1.75. The third-order valence-electron chi connectivity index (χ3n) is 3.84. The second-order valence-electron chi connectivity index (χ2n) is 5.44. The molecule has 1 heterocycles. The van der Waals surface area contributed by atoms with Crippen LogP contribution >= 0.6 is 0 Å². The molecule has 0 fully saturated rings. The van der Waals surface area contributed by atoms with Gasteiger partial charge in [0.1, 0.15) is 12.7 Å². The predicted molar refractivity (Wildman–Crippen MR) is 93.0 cm³/mol. The Morgan fingerprint density at radius 1 is 1.24 bits per heavy atom. The molecule has 0 radical (unpaired) electrons. The molecule has 0 saturated heterocycles. The van der Waals surface area contributed by atoms with E-state index in [4.69, 9.17) is 4.74 Å². The van der Waals surface area contributed by atoms with Crippen molar-refractivity contribution in [2.75, 3.05) is 12.4 Å². The highest BCUT2D eigenvalue weighted by molar-refractivity contribution is 5.58. The minimum atomic E-state index is -0.463. The van der Waals surface area contributed by atoms with Gasteiger partial charge in [0.15, 0.2) is 5.75 Å². The summed E-state index contributed by atoms with van der Waals surface area (Å²) in [6, 6.07) is 12.6. The second kappa shape index (κ2) is 7.00. The van der Waals surface area contributed by atoms with Crippen molar-refractivity contribution in [2.45, 2.75) is 13.0 Å². The fourth-order valence-corrected chi connectivity index (χ4v) is 2.51. The summed E-state index contributed by atoms with van der Waals surface area (Å²) in [7, 11) is 1.42. The Bertz CT molecular complexity index is 862. The van der Waals surface area contributed by atoms with Gasteiger partial charge in [0, 0.05) is 23.9 Å². The standard InChI is InChI=1S/C17H17N5O3/c1-12(13-3-6-15(7-4-13)21-11-18-10-19-21)20-14-5-8-16(22(23)24)17(9-14)25-2/h3-12,20H,1-2H3/t12-/m1/s1. The highest BCUT2D eigenvalue weighted by Crippen LogP contribution is 2.31. The van der Waals surface area contributed by atoms with E-state index in [2.05, 4.69) is 15.4 Å². The predicted octanol–water partition coefficient (Wildman–Crippen LogP) is 3.36. The minimum absolute atomic E-state index is 0.0101. The molecule has 128 valence electrons. The van der Waals surface area contributed by atoms with Gasteiger partial charge < -0.3 is 10.1 Å². The van der Waals surface area contributed by atoms with Crippen LogP contribution in [0.15, 0.2) is 55.1 Å². The van der Waals surface area contributed by atoms with Crippen molar-refractivity contribution in [1.82, 2.24) is 14.8 Å². The first-order valence-electron chi connectivity index (χ1n) is 7.62. The van der Waals surface area contributed by atoms with E-state index >= 15 is 0 Å². The Labute approximate surface area is 144 Å². The number of methoxy groups -OCH3 is 1. The van der Waals surface area contributed by atoms with Crippen molar-refractivity contribution in [3.8, 4) is 11.4 Å². The first-order valence-corrected chi connectivity index (χ1v) is 7.62. The third-order valence-corrected chi connectivity index (χ3v) is 3.84. The van der Waals surface area contributed by atoms with E-state index in [0.717, 1.165) is 16.9 Å². The first-order chi connectivity index (χ1) is 12.1. The van der Waals surface area contributed by atoms with Crippen molar-refractivity contribution in [3.63, 3.8) is 0 Å². The quantitative estimate of drug-likeness (QED) is 0.546. The number of benzene rings is 2. The summed E-state index contributed by atoms with van der Waals surface area (Å²) in [5.74, 6) is 0.226. The molecule has 0 bridgehead atoms. The summed E-state index contributed by atoms with van der Waals surface area (Å²) >= 11 is 0. The number of rotatable bonds is 6. The Morgan fingerprint density at radius 3 is 2.60 bits per heavy atom. The lowest BCUT2D eigenvalue weighted by atomic mass is 10.1. The van der Waals surface area contributed by atoms with Gasteiger partial charge in [-0.2, -0.15) is 5.10 Å². The first kappa shape index (κ1) is 16.4. The molecular formula is C17H17N5O3. The zero-order valence-electron chi connectivity index (χ0n) is 13.8. The van der Waals surface area contributed by atoms with Gasteiger partial charge in [0.25, 0.3) is 0 Å². The summed E-state index contributed by atoms with van der Waals surface area (Å²) in [5, 5.41) is 18.4. The zero-order valence-corrected chi connectivity index (χ0v) is 13.8. The summed E-state index contributed by atoms with van der Waals surface area (Å²) in [5.41, 5.74) is 2.68. The molecule has 0 spiro atoms. The van der Waals surface area contributed by atoms with Crippen LogP contribution in [0.5, 0.6) is 5.75 Å². The fraction of sp³-hybridized carbons (Fsp3) is 0.176. The van der Waals surface area contributed by atoms with Crippen molar-refractivity contribution >= 4 is 11.4 Å². The molecule has 0 unspecified atom stereocenters. The molecule has 0 saturated carbocycles. The number of aromatic nitrogens is 3. The number of anilines is 1. The lowest BCUT2D eigenvalue weighted by Gasteiger charge is -2.16. The highest BCUT2D eigenvalue weighted by atomic mass is 16.6. The van der Waals surface area contributed by atoms with Crippen LogP contribution in [0.4, 0.5) is 11.4 Å². The number of nitro groups is 1. The van der Waals surface area contributed by atoms with E-state index in [9.17, 15) is 10.1 Å². The number of hydrogen-bond acceptors (Lipinski definition) is 6. The molecule has 1 N–H and O–H groups in total. The van der Waals surface area contributed by atoms with Crippen molar-refractivity contribution in [3.05, 3.63) is 70.8 Å². The molecule has 0 aliphatic rings. The van der Waals surface area contributed by atoms with E-state index < -0.39 is 4.92 Å². The molecule has 0 aliphatic carbocycles. The zero-order chi connectivity index (χ0) is 17.8. The Morgan fingerprint density at radius 2 is 2.00 bits per heavy atom. The average Bonchev–Trinajstić information content (AvgIpc) is 3.16. The van der Waals surface area contributed by atoms with Crippen LogP contribution in [0.3, 0.4) is 0 Å². The molecule has 3 rings (SSSR count). The van der Waals surface area contributed by atoms with Crippen molar-refractivity contribution in [1.29, 1.82) is 0 Å². The molecule has 25 heavy (non-hydrogen) atoms. The van der Waals surface area contributed by atoms with Crippen LogP contribution in [0.2, 0.25) is 0 Å². The topological polar surface area (TPSA) is 95.1 Å². The van der Waals surface area contributed by atoms with Gasteiger partial charge in [0.05, 0.1) is 17.7 Å². The van der Waals surface area contributed by atoms with E-state index in [0.29, 0.717) is 0 Å². The van der Waals surface area contributed by atoms with Crippen molar-refractivity contribution < 1.29 is 9.66 Å². The van der Waals surface area contributed by atoms with Crippen LogP contribution in [0, 0.1) is 10.1 Å². The maximum absolute atomic E-state index is 11.0. The molecule has 1 aromatic heterocycles. The van der Waals surface area contributed by atoms with E-state index in [1.165, 1.54) is 19.5 Å². The molecule has 1 atom stereocenters.